The molecule has 1 aromatic heterocycles. The van der Waals surface area contributed by atoms with Gasteiger partial charge in [-0.25, -0.2) is 4.98 Å². The Kier molecular flexibility index (Phi) is 4.01. The molecule has 1 aromatic rings. The van der Waals surface area contributed by atoms with Crippen molar-refractivity contribution < 1.29 is 4.79 Å². The lowest BCUT2D eigenvalue weighted by molar-refractivity contribution is -0.115. The summed E-state index contributed by atoms with van der Waals surface area (Å²) in [5.41, 5.74) is 1.02. The highest BCUT2D eigenvalue weighted by atomic mass is 16.2. The van der Waals surface area contributed by atoms with Crippen molar-refractivity contribution in [1.29, 1.82) is 0 Å². The Morgan fingerprint density at radius 1 is 1.44 bits per heavy atom. The lowest BCUT2D eigenvalue weighted by atomic mass is 10.1. The van der Waals surface area contributed by atoms with Gasteiger partial charge < -0.3 is 10.6 Å². The molecule has 0 unspecified atom stereocenters. The monoisotopic (exact) mass is 221 g/mol. The number of anilines is 1. The van der Waals surface area contributed by atoms with Crippen LogP contribution in [0.25, 0.3) is 0 Å². The number of hydrogen-bond acceptors (Lipinski definition) is 3. The molecule has 0 aliphatic carbocycles. The predicted octanol–water partition coefficient (Wildman–Crippen LogP) is 1.72. The maximum atomic E-state index is 11.6. The number of amides is 1. The highest BCUT2D eigenvalue weighted by molar-refractivity contribution is 5.91. The molecule has 2 N–H and O–H groups in total. The second-order valence-electron chi connectivity index (χ2n) is 4.87. The van der Waals surface area contributed by atoms with E-state index < -0.39 is 0 Å². The Bertz CT molecular complexity index is 369. The van der Waals surface area contributed by atoms with Crippen LogP contribution >= 0.6 is 0 Å². The Morgan fingerprint density at radius 3 is 2.69 bits per heavy atom. The minimum atomic E-state index is -0.0759. The number of rotatable bonds is 3. The molecule has 16 heavy (non-hydrogen) atoms. The van der Waals surface area contributed by atoms with Crippen molar-refractivity contribution >= 4 is 11.7 Å². The topological polar surface area (TPSA) is 54.0 Å². The number of nitrogens with zero attached hydrogens (tertiary/aromatic N) is 1. The third-order valence-electron chi connectivity index (χ3n) is 1.96. The summed E-state index contributed by atoms with van der Waals surface area (Å²) < 4.78 is 0. The molecule has 0 radical (unpaired) electrons. The van der Waals surface area contributed by atoms with Crippen LogP contribution in [0.1, 0.15) is 26.3 Å². The van der Waals surface area contributed by atoms with E-state index in [0.717, 1.165) is 5.56 Å². The van der Waals surface area contributed by atoms with E-state index in [1.54, 1.807) is 6.20 Å². The van der Waals surface area contributed by atoms with Gasteiger partial charge in [-0.15, -0.1) is 0 Å². The van der Waals surface area contributed by atoms with Crippen LogP contribution in [0.15, 0.2) is 18.3 Å². The first-order valence-electron chi connectivity index (χ1n) is 5.34. The van der Waals surface area contributed by atoms with Gasteiger partial charge >= 0.3 is 0 Å². The first-order valence-corrected chi connectivity index (χ1v) is 5.34. The molecule has 0 bridgehead atoms. The van der Waals surface area contributed by atoms with E-state index in [4.69, 9.17) is 0 Å². The lowest BCUT2D eigenvalue weighted by Gasteiger charge is -2.19. The number of aryl methyl sites for hydroxylation is 1. The van der Waals surface area contributed by atoms with Gasteiger partial charge in [0.15, 0.2) is 0 Å². The van der Waals surface area contributed by atoms with Crippen LogP contribution in [0, 0.1) is 6.92 Å². The normalized spacial score (nSPS) is 11.2. The summed E-state index contributed by atoms with van der Waals surface area (Å²) in [7, 11) is 0. The van der Waals surface area contributed by atoms with Gasteiger partial charge in [0, 0.05) is 11.7 Å². The molecule has 0 saturated heterocycles. The Labute approximate surface area is 96.5 Å². The van der Waals surface area contributed by atoms with E-state index in [2.05, 4.69) is 15.6 Å². The first-order chi connectivity index (χ1) is 7.37. The fourth-order valence-electron chi connectivity index (χ4n) is 1.14. The van der Waals surface area contributed by atoms with Crippen LogP contribution in [0.2, 0.25) is 0 Å². The number of carbonyl (C=O) groups is 1. The number of nitrogens with one attached hydrogen (secondary N) is 2. The van der Waals surface area contributed by atoms with Crippen molar-refractivity contribution in [3.8, 4) is 0 Å². The molecule has 0 aromatic carbocycles. The molecule has 88 valence electrons. The summed E-state index contributed by atoms with van der Waals surface area (Å²) in [5, 5.41) is 5.86. The second kappa shape index (κ2) is 5.07. The molecule has 1 rings (SSSR count). The van der Waals surface area contributed by atoms with Gasteiger partial charge in [-0.05, 0) is 45.4 Å². The first kappa shape index (κ1) is 12.6. The fourth-order valence-corrected chi connectivity index (χ4v) is 1.14. The minimum Gasteiger partial charge on any atom is -0.310 e. The van der Waals surface area contributed by atoms with Crippen LogP contribution < -0.4 is 10.6 Å². The fraction of sp³-hybridized carbons (Fsp3) is 0.500. The van der Waals surface area contributed by atoms with Gasteiger partial charge in [0.05, 0.1) is 6.54 Å². The van der Waals surface area contributed by atoms with Gasteiger partial charge in [0.2, 0.25) is 5.91 Å². The summed E-state index contributed by atoms with van der Waals surface area (Å²) in [4.78, 5) is 15.6. The van der Waals surface area contributed by atoms with Crippen LogP contribution in [0.5, 0.6) is 0 Å². The smallest absolute Gasteiger partial charge is 0.239 e. The molecule has 4 nitrogen and oxygen atoms in total. The maximum Gasteiger partial charge on any atom is 0.239 e. The minimum absolute atomic E-state index is 0.0582. The van der Waals surface area contributed by atoms with Crippen LogP contribution in [0.3, 0.4) is 0 Å². The van der Waals surface area contributed by atoms with Gasteiger partial charge in [-0.2, -0.15) is 0 Å². The van der Waals surface area contributed by atoms with Gasteiger partial charge in [0.25, 0.3) is 0 Å². The van der Waals surface area contributed by atoms with Crippen molar-refractivity contribution in [3.05, 3.63) is 23.9 Å². The Balaban J connectivity index is 2.46. The molecular weight excluding hydrogens is 202 g/mol. The van der Waals surface area contributed by atoms with Crippen LogP contribution in [0.4, 0.5) is 5.82 Å². The van der Waals surface area contributed by atoms with E-state index in [0.29, 0.717) is 12.4 Å². The molecule has 4 heteroatoms. The van der Waals surface area contributed by atoms with Gasteiger partial charge in [-0.3, -0.25) is 4.79 Å². The van der Waals surface area contributed by atoms with Crippen molar-refractivity contribution in [2.45, 2.75) is 33.2 Å². The molecule has 0 atom stereocenters. The highest BCUT2D eigenvalue weighted by Crippen LogP contribution is 2.05. The zero-order valence-corrected chi connectivity index (χ0v) is 10.3. The summed E-state index contributed by atoms with van der Waals surface area (Å²) in [6.45, 7) is 8.31. The van der Waals surface area contributed by atoms with Crippen molar-refractivity contribution in [2.75, 3.05) is 11.9 Å². The van der Waals surface area contributed by atoms with E-state index in [1.165, 1.54) is 0 Å². The summed E-state index contributed by atoms with van der Waals surface area (Å²) in [5.74, 6) is 0.522. The number of hydrogen-bond donors (Lipinski definition) is 2. The SMILES string of the molecule is Cc1ccnc(NC(=O)CNC(C)(C)C)c1. The summed E-state index contributed by atoms with van der Waals surface area (Å²) in [6.07, 6.45) is 1.68. The molecular formula is C12H19N3O. The molecule has 1 amide bonds. The zero-order chi connectivity index (χ0) is 12.2. The molecule has 0 aliphatic rings. The third kappa shape index (κ3) is 4.89. The van der Waals surface area contributed by atoms with Crippen LogP contribution in [-0.4, -0.2) is 23.0 Å². The quantitative estimate of drug-likeness (QED) is 0.817. The van der Waals surface area contributed by atoms with Crippen molar-refractivity contribution in [3.63, 3.8) is 0 Å². The average molecular weight is 221 g/mol. The lowest BCUT2D eigenvalue weighted by Crippen LogP contribution is -2.41. The molecule has 1 heterocycles. The van der Waals surface area contributed by atoms with E-state index in [9.17, 15) is 4.79 Å². The molecule has 0 spiro atoms. The Hall–Kier alpha value is -1.42. The van der Waals surface area contributed by atoms with Gasteiger partial charge in [-0.1, -0.05) is 0 Å². The molecule has 0 saturated carbocycles. The number of pyridine rings is 1. The summed E-state index contributed by atoms with van der Waals surface area (Å²) in [6, 6.07) is 3.73. The predicted molar refractivity (Wildman–Crippen MR) is 65.4 cm³/mol. The van der Waals surface area contributed by atoms with E-state index in [-0.39, 0.29) is 11.4 Å². The van der Waals surface area contributed by atoms with E-state index >= 15 is 0 Å². The highest BCUT2D eigenvalue weighted by Gasteiger charge is 2.11. The third-order valence-corrected chi connectivity index (χ3v) is 1.96. The van der Waals surface area contributed by atoms with Crippen molar-refractivity contribution in [2.24, 2.45) is 0 Å². The maximum absolute atomic E-state index is 11.6. The zero-order valence-electron chi connectivity index (χ0n) is 10.3. The van der Waals surface area contributed by atoms with Gasteiger partial charge in [0.1, 0.15) is 5.82 Å². The summed E-state index contributed by atoms with van der Waals surface area (Å²) >= 11 is 0. The van der Waals surface area contributed by atoms with E-state index in [1.807, 2.05) is 39.8 Å². The largest absolute Gasteiger partial charge is 0.310 e. The molecule has 0 aliphatic heterocycles. The van der Waals surface area contributed by atoms with Crippen molar-refractivity contribution in [1.82, 2.24) is 10.3 Å². The standard InChI is InChI=1S/C12H19N3O/c1-9-5-6-13-10(7-9)15-11(16)8-14-12(2,3)4/h5-7,14H,8H2,1-4H3,(H,13,15,16). The number of aromatic nitrogens is 1. The number of carbonyl (C=O) groups excluding carboxylic acids is 1. The Morgan fingerprint density at radius 2 is 2.12 bits per heavy atom. The second-order valence-corrected chi connectivity index (χ2v) is 4.87. The average Bonchev–Trinajstić information content (AvgIpc) is 2.14. The van der Waals surface area contributed by atoms with Crippen LogP contribution in [-0.2, 0) is 4.79 Å². The molecule has 0 fully saturated rings.